The van der Waals surface area contributed by atoms with Crippen molar-refractivity contribution in [1.82, 2.24) is 4.98 Å². The van der Waals surface area contributed by atoms with Gasteiger partial charge in [-0.05, 0) is 88.8 Å². The molecule has 3 atom stereocenters. The summed E-state index contributed by atoms with van der Waals surface area (Å²) < 4.78 is 47.3. The number of alkyl halides is 3. The van der Waals surface area contributed by atoms with Crippen molar-refractivity contribution >= 4 is 6.47 Å². The van der Waals surface area contributed by atoms with Crippen LogP contribution >= 0.6 is 0 Å². The molecule has 186 valence electrons. The number of ether oxygens (including phenoxy) is 1. The fourth-order valence-electron chi connectivity index (χ4n) is 6.41. The average molecular weight is 494 g/mol. The first kappa shape index (κ1) is 23.1. The lowest BCUT2D eigenvalue weighted by atomic mass is 9.88. The lowest BCUT2D eigenvalue weighted by Gasteiger charge is -2.19. The summed E-state index contributed by atoms with van der Waals surface area (Å²) in [6.07, 6.45) is 2.91. The minimum absolute atomic E-state index is 0.0560. The summed E-state index contributed by atoms with van der Waals surface area (Å²) in [6, 6.07) is 14.4. The van der Waals surface area contributed by atoms with Gasteiger partial charge in [0.05, 0.1) is 5.56 Å². The lowest BCUT2D eigenvalue weighted by molar-refractivity contribution is -0.138. The van der Waals surface area contributed by atoms with Gasteiger partial charge >= 0.3 is 6.18 Å². The van der Waals surface area contributed by atoms with Gasteiger partial charge in [-0.1, -0.05) is 36.4 Å². The second-order valence-electron chi connectivity index (χ2n) is 10.5. The van der Waals surface area contributed by atoms with Gasteiger partial charge in [0.2, 0.25) is 5.88 Å². The maximum atomic E-state index is 13.8. The van der Waals surface area contributed by atoms with E-state index in [1.54, 1.807) is 12.1 Å². The van der Waals surface area contributed by atoms with Gasteiger partial charge in [0, 0.05) is 18.2 Å². The van der Waals surface area contributed by atoms with E-state index in [0.717, 1.165) is 42.7 Å². The van der Waals surface area contributed by atoms with Gasteiger partial charge in [-0.15, -0.1) is 0 Å². The predicted molar refractivity (Wildman–Crippen MR) is 127 cm³/mol. The van der Waals surface area contributed by atoms with Crippen LogP contribution in [0.5, 0.6) is 5.88 Å². The molecule has 1 spiro atoms. The Labute approximate surface area is 207 Å². The molecule has 7 rings (SSSR count). The van der Waals surface area contributed by atoms with Gasteiger partial charge in [-0.25, -0.2) is 4.98 Å². The highest BCUT2D eigenvalue weighted by Crippen LogP contribution is 2.62. The van der Waals surface area contributed by atoms with Crippen molar-refractivity contribution in [2.24, 2.45) is 5.92 Å². The molecule has 0 aliphatic heterocycles. The van der Waals surface area contributed by atoms with Gasteiger partial charge in [0.25, 0.3) is 6.47 Å². The van der Waals surface area contributed by atoms with Crippen molar-refractivity contribution in [2.45, 2.75) is 62.1 Å². The van der Waals surface area contributed by atoms with Crippen molar-refractivity contribution in [3.63, 3.8) is 0 Å². The van der Waals surface area contributed by atoms with E-state index in [1.165, 1.54) is 35.2 Å². The molecule has 4 aliphatic rings. The highest BCUT2D eigenvalue weighted by Gasteiger charge is 2.53. The molecular formula is C29H26F3NO3. The van der Waals surface area contributed by atoms with Gasteiger partial charge in [-0.2, -0.15) is 13.2 Å². The number of aromatic nitrogens is 1. The number of pyridine rings is 1. The zero-order valence-corrected chi connectivity index (χ0v) is 19.6. The third kappa shape index (κ3) is 3.94. The average Bonchev–Trinajstić information content (AvgIpc) is 3.75. The smallest absolute Gasteiger partial charge is 0.416 e. The van der Waals surface area contributed by atoms with Crippen LogP contribution in [0.3, 0.4) is 0 Å². The van der Waals surface area contributed by atoms with Crippen molar-refractivity contribution < 1.29 is 27.8 Å². The number of benzene rings is 2. The van der Waals surface area contributed by atoms with Crippen LogP contribution < -0.4 is 4.74 Å². The van der Waals surface area contributed by atoms with Gasteiger partial charge in [-0.3, -0.25) is 4.79 Å². The number of fused-ring (bicyclic) bond motifs is 5. The zero-order chi connectivity index (χ0) is 25.1. The number of hydrogen-bond donors (Lipinski definition) is 1. The van der Waals surface area contributed by atoms with Crippen LogP contribution in [0.2, 0.25) is 0 Å². The van der Waals surface area contributed by atoms with Gasteiger partial charge < -0.3 is 9.84 Å². The summed E-state index contributed by atoms with van der Waals surface area (Å²) in [7, 11) is 0. The summed E-state index contributed by atoms with van der Waals surface area (Å²) in [5.41, 5.74) is 5.91. The summed E-state index contributed by atoms with van der Waals surface area (Å²) in [6.45, 7) is 0.118. The molecule has 3 aromatic rings. The normalized spacial score (nSPS) is 23.7. The predicted octanol–water partition coefficient (Wildman–Crippen LogP) is 6.61. The van der Waals surface area contributed by atoms with E-state index in [1.807, 2.05) is 6.20 Å². The highest BCUT2D eigenvalue weighted by atomic mass is 19.4. The number of carboxylic acid groups (broad SMARTS) is 1. The van der Waals surface area contributed by atoms with E-state index in [0.29, 0.717) is 24.0 Å². The van der Waals surface area contributed by atoms with E-state index in [9.17, 15) is 13.2 Å². The molecule has 0 amide bonds. The lowest BCUT2D eigenvalue weighted by Crippen LogP contribution is -2.12. The SMILES string of the molecule is FC(F)(F)c1ccccc1C1CC2(CC2)c2ccc(COc3cc4c(cn3)[C@@H]3CC3C4)cc21.O=CO. The summed E-state index contributed by atoms with van der Waals surface area (Å²) in [5.74, 6) is 1.92. The highest BCUT2D eigenvalue weighted by molar-refractivity contribution is 5.54. The first-order valence-corrected chi connectivity index (χ1v) is 12.3. The van der Waals surface area contributed by atoms with E-state index < -0.39 is 11.7 Å². The third-order valence-corrected chi connectivity index (χ3v) is 8.34. The number of nitrogens with zero attached hydrogens (tertiary/aromatic N) is 1. The van der Waals surface area contributed by atoms with Gasteiger partial charge in [0.15, 0.2) is 0 Å². The monoisotopic (exact) mass is 493 g/mol. The van der Waals surface area contributed by atoms with E-state index in [2.05, 4.69) is 29.2 Å². The molecule has 2 saturated carbocycles. The second kappa shape index (κ2) is 8.36. The van der Waals surface area contributed by atoms with Crippen LogP contribution in [-0.4, -0.2) is 16.6 Å². The summed E-state index contributed by atoms with van der Waals surface area (Å²) in [5, 5.41) is 6.89. The van der Waals surface area contributed by atoms with Crippen molar-refractivity contribution in [2.75, 3.05) is 0 Å². The van der Waals surface area contributed by atoms with E-state index in [-0.39, 0.29) is 17.8 Å². The largest absolute Gasteiger partial charge is 0.483 e. The molecule has 7 heteroatoms. The Morgan fingerprint density at radius 2 is 1.86 bits per heavy atom. The Morgan fingerprint density at radius 1 is 1.08 bits per heavy atom. The first-order valence-electron chi connectivity index (χ1n) is 12.3. The maximum Gasteiger partial charge on any atom is 0.416 e. The molecule has 2 unspecified atom stereocenters. The molecule has 1 N–H and O–H groups in total. The standard InChI is InChI=1S/C28H24F3NO.CH2O2/c29-28(30,31)25-4-2-1-3-19(25)22-13-27(7-8-27)24-6-5-16(9-21(22)24)15-33-26-12-18-10-17-11-20(17)23(18)14-32-26;2-1-3/h1-6,9,12,14,17,20,22H,7-8,10-11,13,15H2;1H,(H,2,3)/t17?,20-,22?;/m1./s1. The molecule has 1 heterocycles. The van der Waals surface area contributed by atoms with Crippen molar-refractivity contribution in [1.29, 1.82) is 0 Å². The van der Waals surface area contributed by atoms with Crippen LogP contribution in [0.4, 0.5) is 13.2 Å². The Bertz CT molecular complexity index is 1330. The third-order valence-electron chi connectivity index (χ3n) is 8.34. The van der Waals surface area contributed by atoms with Crippen molar-refractivity contribution in [3.05, 3.63) is 93.7 Å². The Morgan fingerprint density at radius 3 is 2.61 bits per heavy atom. The quantitative estimate of drug-likeness (QED) is 0.416. The molecule has 0 radical (unpaired) electrons. The van der Waals surface area contributed by atoms with Crippen LogP contribution in [0.25, 0.3) is 0 Å². The minimum Gasteiger partial charge on any atom is -0.483 e. The minimum atomic E-state index is -4.35. The Kier molecular flexibility index (Phi) is 5.36. The van der Waals surface area contributed by atoms with Crippen LogP contribution in [0, 0.1) is 5.92 Å². The Balaban J connectivity index is 0.000000765. The number of halogens is 3. The maximum absolute atomic E-state index is 13.8. The molecule has 0 bridgehead atoms. The molecule has 36 heavy (non-hydrogen) atoms. The molecule has 2 fully saturated rings. The van der Waals surface area contributed by atoms with E-state index >= 15 is 0 Å². The van der Waals surface area contributed by atoms with E-state index in [4.69, 9.17) is 14.6 Å². The molecular weight excluding hydrogens is 467 g/mol. The fraction of sp³-hybridized carbons (Fsp3) is 0.379. The van der Waals surface area contributed by atoms with Crippen LogP contribution in [0.15, 0.2) is 54.7 Å². The zero-order valence-electron chi connectivity index (χ0n) is 19.6. The fourth-order valence-corrected chi connectivity index (χ4v) is 6.41. The topological polar surface area (TPSA) is 59.4 Å². The molecule has 2 aromatic carbocycles. The summed E-state index contributed by atoms with van der Waals surface area (Å²) >= 11 is 0. The van der Waals surface area contributed by atoms with Crippen molar-refractivity contribution in [3.8, 4) is 5.88 Å². The number of rotatable bonds is 4. The van der Waals surface area contributed by atoms with Crippen LogP contribution in [0.1, 0.15) is 76.5 Å². The molecule has 4 nitrogen and oxygen atoms in total. The van der Waals surface area contributed by atoms with Gasteiger partial charge in [0.1, 0.15) is 6.61 Å². The second-order valence-corrected chi connectivity index (χ2v) is 10.5. The number of carbonyl (C=O) groups is 1. The first-order chi connectivity index (χ1) is 17.3. The van der Waals surface area contributed by atoms with Crippen LogP contribution in [-0.2, 0) is 29.4 Å². The molecule has 0 saturated heterocycles. The Hall–Kier alpha value is -3.35. The molecule has 1 aromatic heterocycles. The molecule has 4 aliphatic carbocycles. The number of hydrogen-bond acceptors (Lipinski definition) is 3. The summed E-state index contributed by atoms with van der Waals surface area (Å²) in [4.78, 5) is 12.9.